The Morgan fingerprint density at radius 3 is 2.21 bits per heavy atom. The molecular weight excluding hydrogens is 636 g/mol. The highest BCUT2D eigenvalue weighted by atomic mass is 32.2. The Bertz CT molecular complexity index is 1980. The fourth-order valence-corrected chi connectivity index (χ4v) is 4.84. The maximum Gasteiger partial charge on any atom is 0.294 e. The number of hydrogen-bond acceptors (Lipinski definition) is 8. The van der Waals surface area contributed by atoms with Gasteiger partial charge in [-0.3, -0.25) is 23.8 Å². The van der Waals surface area contributed by atoms with Crippen molar-refractivity contribution in [3.05, 3.63) is 141 Å². The quantitative estimate of drug-likeness (QED) is 0.200. The lowest BCUT2D eigenvalue weighted by atomic mass is 10.1. The topological polar surface area (TPSA) is 155 Å². The van der Waals surface area contributed by atoms with Crippen LogP contribution >= 0.6 is 0 Å². The van der Waals surface area contributed by atoms with Gasteiger partial charge in [0.1, 0.15) is 11.5 Å². The maximum absolute atomic E-state index is 14.4. The predicted molar refractivity (Wildman–Crippen MR) is 166 cm³/mol. The van der Waals surface area contributed by atoms with E-state index < -0.39 is 27.7 Å². The molecule has 0 fully saturated rings. The third-order valence-corrected chi connectivity index (χ3v) is 7.50. The first-order valence-electron chi connectivity index (χ1n) is 14.0. The number of methoxy groups -OCH3 is 2. The number of benzene rings is 2. The number of nitrogens with zero attached hydrogens (tertiary/aromatic N) is 4. The number of nitrogens with one attached hydrogen (secondary N) is 1. The summed E-state index contributed by atoms with van der Waals surface area (Å²) in [6.45, 7) is 0.595. The second-order valence-corrected chi connectivity index (χ2v) is 11.4. The molecule has 0 saturated carbocycles. The molecule has 0 aliphatic carbocycles. The summed E-state index contributed by atoms with van der Waals surface area (Å²) < 4.78 is 70.1. The van der Waals surface area contributed by atoms with E-state index in [1.54, 1.807) is 29.1 Å². The fourth-order valence-electron chi connectivity index (χ4n) is 4.33. The van der Waals surface area contributed by atoms with Crippen molar-refractivity contribution in [1.29, 1.82) is 0 Å². The van der Waals surface area contributed by atoms with Crippen molar-refractivity contribution < 1.29 is 36.0 Å². The van der Waals surface area contributed by atoms with Crippen LogP contribution in [0.4, 0.5) is 8.78 Å². The number of amides is 1. The first-order valence-corrected chi connectivity index (χ1v) is 15.4. The third kappa shape index (κ3) is 9.62. The highest BCUT2D eigenvalue weighted by Gasteiger charge is 2.18. The average Bonchev–Trinajstić information content (AvgIpc) is 3.45. The molecule has 5 rings (SSSR count). The second-order valence-electron chi connectivity index (χ2n) is 9.99. The van der Waals surface area contributed by atoms with E-state index in [2.05, 4.69) is 15.4 Å². The SMILES string of the molecule is COCc1nn(Cc2ccc(Cn3cc(F)ccc3=O)cc2)cc1C(=O)NCc1nccc(OC)c1F.O=S(=O)(O)c1ccccc1. The van der Waals surface area contributed by atoms with Crippen LogP contribution in [0.2, 0.25) is 0 Å². The monoisotopic (exact) mass is 667 g/mol. The number of carbonyl (C=O) groups excluding carboxylic acids is 1. The smallest absolute Gasteiger partial charge is 0.294 e. The van der Waals surface area contributed by atoms with E-state index in [1.165, 1.54) is 55.4 Å². The van der Waals surface area contributed by atoms with E-state index in [4.69, 9.17) is 14.0 Å². The summed E-state index contributed by atoms with van der Waals surface area (Å²) in [5.41, 5.74) is 2.22. The fraction of sp³-hybridized carbons (Fsp3) is 0.188. The minimum Gasteiger partial charge on any atom is -0.494 e. The lowest BCUT2D eigenvalue weighted by molar-refractivity contribution is 0.0945. The van der Waals surface area contributed by atoms with E-state index in [0.717, 1.165) is 17.2 Å². The molecule has 0 bridgehead atoms. The second kappa shape index (κ2) is 15.8. The van der Waals surface area contributed by atoms with Crippen LogP contribution in [0.3, 0.4) is 0 Å². The van der Waals surface area contributed by atoms with Crippen LogP contribution in [0.1, 0.15) is 32.9 Å². The van der Waals surface area contributed by atoms with Crippen LogP contribution in [0.15, 0.2) is 101 Å². The first kappa shape index (κ1) is 34.6. The molecule has 0 aliphatic heterocycles. The molecule has 5 aromatic rings. The lowest BCUT2D eigenvalue weighted by Gasteiger charge is -2.08. The summed E-state index contributed by atoms with van der Waals surface area (Å²) >= 11 is 0. The van der Waals surface area contributed by atoms with E-state index in [-0.39, 0.29) is 41.6 Å². The Hall–Kier alpha value is -5.25. The molecule has 12 nitrogen and oxygen atoms in total. The van der Waals surface area contributed by atoms with Crippen molar-refractivity contribution in [3.8, 4) is 5.75 Å². The van der Waals surface area contributed by atoms with Crippen LogP contribution < -0.4 is 15.6 Å². The van der Waals surface area contributed by atoms with Crippen LogP contribution in [-0.4, -0.2) is 52.4 Å². The minimum absolute atomic E-state index is 0.0427. The Morgan fingerprint density at radius 1 is 0.915 bits per heavy atom. The molecule has 0 unspecified atom stereocenters. The van der Waals surface area contributed by atoms with Crippen molar-refractivity contribution in [2.24, 2.45) is 0 Å². The van der Waals surface area contributed by atoms with Gasteiger partial charge in [0.25, 0.3) is 21.6 Å². The number of halogens is 2. The number of pyridine rings is 2. The highest BCUT2D eigenvalue weighted by Crippen LogP contribution is 2.18. The summed E-state index contributed by atoms with van der Waals surface area (Å²) in [6, 6.07) is 18.6. The molecule has 0 aliphatic rings. The summed E-state index contributed by atoms with van der Waals surface area (Å²) in [5.74, 6) is -1.52. The highest BCUT2D eigenvalue weighted by molar-refractivity contribution is 7.85. The minimum atomic E-state index is -4.00. The molecule has 3 heterocycles. The molecule has 2 N–H and O–H groups in total. The standard InChI is InChI=1S/C26H25F2N5O4.C6H6O3S/c1-36-16-22-20(26(35)30-11-21-25(28)23(37-2)9-10-29-21)15-33(31-22)13-18-5-3-17(4-6-18)12-32-14-19(27)7-8-24(32)34;7-10(8,9)6-4-2-1-3-5-6/h3-10,14-15H,11-13,16H2,1-2H3,(H,30,35);1-5H,(H,7,8,9). The Labute approximate surface area is 269 Å². The number of ether oxygens (including phenoxy) is 2. The van der Waals surface area contributed by atoms with Gasteiger partial charge in [0, 0.05) is 37.8 Å². The van der Waals surface area contributed by atoms with Gasteiger partial charge in [0.2, 0.25) is 0 Å². The number of carbonyl (C=O) groups is 1. The molecule has 0 spiro atoms. The Morgan fingerprint density at radius 2 is 1.60 bits per heavy atom. The molecule has 2 aromatic carbocycles. The predicted octanol–water partition coefficient (Wildman–Crippen LogP) is 3.83. The molecule has 246 valence electrons. The molecule has 3 aromatic heterocycles. The largest absolute Gasteiger partial charge is 0.494 e. The van der Waals surface area contributed by atoms with Crippen LogP contribution in [-0.2, 0) is 41.1 Å². The Balaban J connectivity index is 0.000000427. The normalized spacial score (nSPS) is 11.0. The zero-order valence-corrected chi connectivity index (χ0v) is 26.2. The molecule has 15 heteroatoms. The van der Waals surface area contributed by atoms with E-state index in [9.17, 15) is 26.8 Å². The van der Waals surface area contributed by atoms with E-state index in [1.807, 2.05) is 24.3 Å². The maximum atomic E-state index is 14.4. The van der Waals surface area contributed by atoms with Gasteiger partial charge >= 0.3 is 0 Å². The zero-order valence-electron chi connectivity index (χ0n) is 25.3. The zero-order chi connectivity index (χ0) is 34.0. The van der Waals surface area contributed by atoms with Gasteiger partial charge in [-0.1, -0.05) is 42.5 Å². The lowest BCUT2D eigenvalue weighted by Crippen LogP contribution is -2.24. The van der Waals surface area contributed by atoms with Gasteiger partial charge < -0.3 is 19.4 Å². The molecule has 0 radical (unpaired) electrons. The van der Waals surface area contributed by atoms with Crippen molar-refractivity contribution in [2.75, 3.05) is 14.2 Å². The number of rotatable bonds is 11. The summed E-state index contributed by atoms with van der Waals surface area (Å²) in [7, 11) is -1.15. The summed E-state index contributed by atoms with van der Waals surface area (Å²) in [4.78, 5) is 28.7. The van der Waals surface area contributed by atoms with Crippen molar-refractivity contribution >= 4 is 16.0 Å². The summed E-state index contributed by atoms with van der Waals surface area (Å²) in [6.07, 6.45) is 4.17. The van der Waals surface area contributed by atoms with Crippen LogP contribution in [0.5, 0.6) is 5.75 Å². The molecule has 0 atom stereocenters. The Kier molecular flexibility index (Phi) is 11.7. The molecule has 47 heavy (non-hydrogen) atoms. The first-order chi connectivity index (χ1) is 22.5. The number of aromatic nitrogens is 4. The van der Waals surface area contributed by atoms with Gasteiger partial charge in [-0.15, -0.1) is 0 Å². The number of hydrogen-bond donors (Lipinski definition) is 2. The van der Waals surface area contributed by atoms with Crippen LogP contribution in [0.25, 0.3) is 0 Å². The van der Waals surface area contributed by atoms with Gasteiger partial charge in [-0.05, 0) is 29.3 Å². The van der Waals surface area contributed by atoms with Crippen molar-refractivity contribution in [3.63, 3.8) is 0 Å². The average molecular weight is 668 g/mol. The molecule has 1 amide bonds. The molecular formula is C32H31F2N5O7S. The van der Waals surface area contributed by atoms with Crippen molar-refractivity contribution in [2.45, 2.75) is 31.1 Å². The van der Waals surface area contributed by atoms with Crippen molar-refractivity contribution in [1.82, 2.24) is 24.6 Å². The van der Waals surface area contributed by atoms with Gasteiger partial charge in [-0.2, -0.15) is 13.5 Å². The van der Waals surface area contributed by atoms with Crippen LogP contribution in [0, 0.1) is 11.6 Å². The van der Waals surface area contributed by atoms with E-state index in [0.29, 0.717) is 17.8 Å². The van der Waals surface area contributed by atoms with E-state index >= 15 is 0 Å². The van der Waals surface area contributed by atoms with Gasteiger partial charge in [0.05, 0.1) is 49.5 Å². The van der Waals surface area contributed by atoms with Gasteiger partial charge in [-0.25, -0.2) is 8.78 Å². The summed E-state index contributed by atoms with van der Waals surface area (Å²) in [5, 5.41) is 7.12. The van der Waals surface area contributed by atoms with Gasteiger partial charge in [0.15, 0.2) is 11.6 Å². The molecule has 0 saturated heterocycles. The third-order valence-electron chi connectivity index (χ3n) is 6.64.